The molecule has 2 rings (SSSR count). The fourth-order valence-corrected chi connectivity index (χ4v) is 1.92. The van der Waals surface area contributed by atoms with Gasteiger partial charge in [0.1, 0.15) is 12.4 Å². The van der Waals surface area contributed by atoms with E-state index in [-0.39, 0.29) is 35.8 Å². The standard InChI is InChI=1S/C13H14N2O4S/c16-5-6-19-9-3-1-8(2-4-9)7-10-11(17)14-13(20)15-12(10)18/h1-4,16H,5-7H2,(H3,14,15,17,18,20). The topological polar surface area (TPSA) is 98.3 Å². The Hall–Kier alpha value is -2.12. The lowest BCUT2D eigenvalue weighted by atomic mass is 10.1. The summed E-state index contributed by atoms with van der Waals surface area (Å²) in [7, 11) is 0. The molecule has 0 fully saturated rings. The van der Waals surface area contributed by atoms with E-state index in [1.165, 1.54) is 0 Å². The van der Waals surface area contributed by atoms with Gasteiger partial charge in [0, 0.05) is 6.42 Å². The quantitative estimate of drug-likeness (QED) is 0.619. The zero-order chi connectivity index (χ0) is 14.5. The molecule has 1 aromatic carbocycles. The Morgan fingerprint density at radius 1 is 1.20 bits per heavy atom. The van der Waals surface area contributed by atoms with Crippen molar-refractivity contribution in [2.24, 2.45) is 0 Å². The fraction of sp³-hybridized carbons (Fsp3) is 0.231. The molecule has 106 valence electrons. The number of aliphatic hydroxyl groups is 1. The van der Waals surface area contributed by atoms with E-state index in [0.29, 0.717) is 5.75 Å². The van der Waals surface area contributed by atoms with Gasteiger partial charge in [-0.05, 0) is 29.9 Å². The Labute approximate surface area is 119 Å². The van der Waals surface area contributed by atoms with E-state index in [4.69, 9.17) is 22.1 Å². The normalized spacial score (nSPS) is 10.4. The largest absolute Gasteiger partial charge is 0.494 e. The molecule has 0 amide bonds. The lowest BCUT2D eigenvalue weighted by molar-refractivity contribution is 0.201. The molecule has 0 saturated heterocycles. The zero-order valence-corrected chi connectivity index (χ0v) is 11.4. The number of H-pyrrole nitrogens is 2. The van der Waals surface area contributed by atoms with E-state index in [2.05, 4.69) is 9.97 Å². The minimum absolute atomic E-state index is 0.0474. The molecule has 4 N–H and O–H groups in total. The molecule has 0 spiro atoms. The second-order valence-corrected chi connectivity index (χ2v) is 4.54. The van der Waals surface area contributed by atoms with E-state index in [0.717, 1.165) is 5.56 Å². The number of benzene rings is 1. The Bertz CT molecular complexity index is 691. The number of aromatic amines is 2. The van der Waals surface area contributed by atoms with Crippen LogP contribution in [0.15, 0.2) is 29.1 Å². The highest BCUT2D eigenvalue weighted by Crippen LogP contribution is 2.17. The van der Waals surface area contributed by atoms with Crippen LogP contribution in [-0.2, 0) is 6.42 Å². The molecule has 0 aliphatic rings. The van der Waals surface area contributed by atoms with E-state index in [1.807, 2.05) is 0 Å². The summed E-state index contributed by atoms with van der Waals surface area (Å²) in [5, 5.41) is 18.4. The molecule has 0 unspecified atom stereocenters. The van der Waals surface area contributed by atoms with Crippen molar-refractivity contribution in [3.8, 4) is 11.6 Å². The van der Waals surface area contributed by atoms with Gasteiger partial charge in [-0.25, -0.2) is 0 Å². The monoisotopic (exact) mass is 294 g/mol. The lowest BCUT2D eigenvalue weighted by Gasteiger charge is -2.06. The number of rotatable bonds is 5. The molecule has 0 bridgehead atoms. The van der Waals surface area contributed by atoms with Crippen LogP contribution >= 0.6 is 12.2 Å². The van der Waals surface area contributed by atoms with Crippen molar-refractivity contribution in [1.82, 2.24) is 9.97 Å². The van der Waals surface area contributed by atoms with E-state index in [9.17, 15) is 9.90 Å². The van der Waals surface area contributed by atoms with E-state index in [1.54, 1.807) is 24.3 Å². The van der Waals surface area contributed by atoms with Crippen LogP contribution < -0.4 is 10.3 Å². The maximum atomic E-state index is 11.7. The second-order valence-electron chi connectivity index (χ2n) is 4.13. The Morgan fingerprint density at radius 3 is 2.50 bits per heavy atom. The van der Waals surface area contributed by atoms with Gasteiger partial charge in [-0.3, -0.25) is 9.78 Å². The average molecular weight is 294 g/mol. The van der Waals surface area contributed by atoms with Crippen molar-refractivity contribution >= 4 is 12.2 Å². The third-order valence-electron chi connectivity index (χ3n) is 2.68. The molecule has 6 nitrogen and oxygen atoms in total. The van der Waals surface area contributed by atoms with Crippen molar-refractivity contribution in [1.29, 1.82) is 0 Å². The highest BCUT2D eigenvalue weighted by atomic mass is 32.1. The van der Waals surface area contributed by atoms with Crippen LogP contribution in [0.25, 0.3) is 0 Å². The number of aromatic hydroxyl groups is 1. The predicted molar refractivity (Wildman–Crippen MR) is 75.7 cm³/mol. The molecule has 0 saturated carbocycles. The van der Waals surface area contributed by atoms with Gasteiger partial charge in [-0.15, -0.1) is 0 Å². The Kier molecular flexibility index (Phi) is 4.54. The van der Waals surface area contributed by atoms with Gasteiger partial charge >= 0.3 is 0 Å². The third-order valence-corrected chi connectivity index (χ3v) is 2.89. The van der Waals surface area contributed by atoms with Gasteiger partial charge < -0.3 is 19.9 Å². The number of aliphatic hydroxyl groups excluding tert-OH is 1. The molecule has 0 atom stereocenters. The van der Waals surface area contributed by atoms with Gasteiger partial charge in [-0.2, -0.15) is 0 Å². The first-order valence-corrected chi connectivity index (χ1v) is 6.38. The molecule has 7 heteroatoms. The summed E-state index contributed by atoms with van der Waals surface area (Å²) < 4.78 is 5.32. The molecule has 20 heavy (non-hydrogen) atoms. The highest BCUT2D eigenvalue weighted by Gasteiger charge is 2.08. The Morgan fingerprint density at radius 2 is 1.90 bits per heavy atom. The zero-order valence-electron chi connectivity index (χ0n) is 10.5. The number of aromatic nitrogens is 2. The molecule has 0 aliphatic heterocycles. The maximum absolute atomic E-state index is 11.7. The van der Waals surface area contributed by atoms with Crippen LogP contribution in [0.1, 0.15) is 11.1 Å². The lowest BCUT2D eigenvalue weighted by Crippen LogP contribution is -2.14. The molecular formula is C13H14N2O4S. The van der Waals surface area contributed by atoms with Gasteiger partial charge in [0.05, 0.1) is 12.2 Å². The van der Waals surface area contributed by atoms with Gasteiger partial charge in [-0.1, -0.05) is 12.1 Å². The Balaban J connectivity index is 2.18. The third kappa shape index (κ3) is 3.46. The van der Waals surface area contributed by atoms with Crippen LogP contribution in [0.3, 0.4) is 0 Å². The summed E-state index contributed by atoms with van der Waals surface area (Å²) in [4.78, 5) is 16.7. The first-order valence-electron chi connectivity index (χ1n) is 5.97. The molecule has 0 aliphatic carbocycles. The molecule has 1 aromatic heterocycles. The summed E-state index contributed by atoms with van der Waals surface area (Å²) in [5.41, 5.74) is 0.655. The summed E-state index contributed by atoms with van der Waals surface area (Å²) in [6.45, 7) is 0.184. The smallest absolute Gasteiger partial charge is 0.259 e. The van der Waals surface area contributed by atoms with Crippen LogP contribution in [-0.4, -0.2) is 33.4 Å². The number of ether oxygens (including phenoxy) is 1. The van der Waals surface area contributed by atoms with Crippen molar-refractivity contribution in [2.75, 3.05) is 13.2 Å². The minimum Gasteiger partial charge on any atom is -0.494 e. The first-order chi connectivity index (χ1) is 9.60. The van der Waals surface area contributed by atoms with Crippen LogP contribution in [0.4, 0.5) is 0 Å². The fourth-order valence-electron chi connectivity index (χ4n) is 1.74. The highest BCUT2D eigenvalue weighted by molar-refractivity contribution is 7.71. The minimum atomic E-state index is -0.410. The summed E-state index contributed by atoms with van der Waals surface area (Å²) >= 11 is 4.76. The average Bonchev–Trinajstić information content (AvgIpc) is 2.42. The maximum Gasteiger partial charge on any atom is 0.259 e. The van der Waals surface area contributed by atoms with E-state index < -0.39 is 5.56 Å². The van der Waals surface area contributed by atoms with Crippen molar-refractivity contribution in [3.05, 3.63) is 50.5 Å². The molecule has 2 aromatic rings. The van der Waals surface area contributed by atoms with Crippen LogP contribution in [0, 0.1) is 4.77 Å². The first kappa shape index (κ1) is 14.3. The van der Waals surface area contributed by atoms with Crippen molar-refractivity contribution in [3.63, 3.8) is 0 Å². The number of hydrogen-bond acceptors (Lipinski definition) is 5. The summed E-state index contributed by atoms with van der Waals surface area (Å²) in [6, 6.07) is 7.04. The SMILES string of the molecule is O=c1[nH]c(=S)[nH]c(O)c1Cc1ccc(OCCO)cc1. The predicted octanol–water partition coefficient (Wildman–Crippen LogP) is 1.10. The van der Waals surface area contributed by atoms with Crippen LogP contribution in [0.5, 0.6) is 11.6 Å². The van der Waals surface area contributed by atoms with Crippen molar-refractivity contribution < 1.29 is 14.9 Å². The molecule has 1 heterocycles. The second kappa shape index (κ2) is 6.36. The molecular weight excluding hydrogens is 280 g/mol. The van der Waals surface area contributed by atoms with Gasteiger partial charge in [0.15, 0.2) is 10.7 Å². The van der Waals surface area contributed by atoms with Crippen molar-refractivity contribution in [2.45, 2.75) is 6.42 Å². The van der Waals surface area contributed by atoms with E-state index >= 15 is 0 Å². The number of hydrogen-bond donors (Lipinski definition) is 4. The summed E-state index contributed by atoms with van der Waals surface area (Å²) in [5.74, 6) is 0.410. The summed E-state index contributed by atoms with van der Waals surface area (Å²) in [6.07, 6.45) is 0.271. The number of nitrogens with one attached hydrogen (secondary N) is 2. The molecule has 0 radical (unpaired) electrons. The van der Waals surface area contributed by atoms with Crippen LogP contribution in [0.2, 0.25) is 0 Å². The van der Waals surface area contributed by atoms with Gasteiger partial charge in [0.2, 0.25) is 0 Å². The van der Waals surface area contributed by atoms with Gasteiger partial charge in [0.25, 0.3) is 5.56 Å².